The number of nitrogens with zero attached hydrogens (tertiary/aromatic N) is 1. The van der Waals surface area contributed by atoms with Crippen molar-refractivity contribution in [3.8, 4) is 0 Å². The molecule has 1 aromatic carbocycles. The monoisotopic (exact) mass is 364 g/mol. The second-order valence-electron chi connectivity index (χ2n) is 7.41. The molecule has 5 nitrogen and oxygen atoms in total. The lowest BCUT2D eigenvalue weighted by Crippen LogP contribution is -2.44. The predicted molar refractivity (Wildman–Crippen MR) is 97.8 cm³/mol. The van der Waals surface area contributed by atoms with Crippen molar-refractivity contribution in [3.05, 3.63) is 29.3 Å². The van der Waals surface area contributed by atoms with Crippen LogP contribution in [0.3, 0.4) is 0 Å². The third kappa shape index (κ3) is 4.06. The Kier molecular flexibility index (Phi) is 5.49. The standard InChI is InChI=1S/C19H28N2O3S/c1-14-7-8-18(13-15(14)2)25(23,24)21-11-9-16(10-12-21)19(22)20-17-5-3-4-6-17/h7-8,13,16-17H,3-6,9-12H2,1-2H3,(H,20,22). The summed E-state index contributed by atoms with van der Waals surface area (Å²) in [5.41, 5.74) is 2.06. The van der Waals surface area contributed by atoms with Gasteiger partial charge in [-0.1, -0.05) is 18.9 Å². The molecule has 1 aliphatic carbocycles. The fraction of sp³-hybridized carbons (Fsp3) is 0.632. The van der Waals surface area contributed by atoms with Crippen molar-refractivity contribution in [1.29, 1.82) is 0 Å². The Bertz CT molecular complexity index is 731. The number of carbonyl (C=O) groups excluding carboxylic acids is 1. The van der Waals surface area contributed by atoms with Gasteiger partial charge in [0.05, 0.1) is 4.90 Å². The molecule has 0 radical (unpaired) electrons. The van der Waals surface area contributed by atoms with Gasteiger partial charge >= 0.3 is 0 Å². The van der Waals surface area contributed by atoms with Gasteiger partial charge in [-0.3, -0.25) is 4.79 Å². The van der Waals surface area contributed by atoms with Crippen molar-refractivity contribution in [2.45, 2.75) is 63.3 Å². The third-order valence-electron chi connectivity index (χ3n) is 5.64. The maximum absolute atomic E-state index is 12.8. The van der Waals surface area contributed by atoms with E-state index < -0.39 is 10.0 Å². The van der Waals surface area contributed by atoms with Crippen LogP contribution >= 0.6 is 0 Å². The maximum Gasteiger partial charge on any atom is 0.243 e. The zero-order valence-electron chi connectivity index (χ0n) is 15.1. The van der Waals surface area contributed by atoms with E-state index in [1.165, 1.54) is 17.1 Å². The van der Waals surface area contributed by atoms with Gasteiger partial charge in [-0.15, -0.1) is 0 Å². The summed E-state index contributed by atoms with van der Waals surface area (Å²) in [7, 11) is -3.47. The molecule has 1 amide bonds. The smallest absolute Gasteiger partial charge is 0.243 e. The number of aryl methyl sites for hydroxylation is 2. The number of benzene rings is 1. The van der Waals surface area contributed by atoms with Crippen molar-refractivity contribution >= 4 is 15.9 Å². The Morgan fingerprint density at radius 3 is 2.28 bits per heavy atom. The molecule has 1 N–H and O–H groups in total. The van der Waals surface area contributed by atoms with Gasteiger partial charge in [0.15, 0.2) is 0 Å². The lowest BCUT2D eigenvalue weighted by molar-refractivity contribution is -0.126. The van der Waals surface area contributed by atoms with Crippen LogP contribution < -0.4 is 5.32 Å². The minimum atomic E-state index is -3.47. The highest BCUT2D eigenvalue weighted by Gasteiger charge is 2.33. The van der Waals surface area contributed by atoms with Crippen molar-refractivity contribution in [1.82, 2.24) is 9.62 Å². The van der Waals surface area contributed by atoms with Gasteiger partial charge in [0, 0.05) is 25.0 Å². The van der Waals surface area contributed by atoms with Gasteiger partial charge in [-0.2, -0.15) is 4.31 Å². The first kappa shape index (κ1) is 18.4. The average Bonchev–Trinajstić information content (AvgIpc) is 3.10. The Labute approximate surface area is 150 Å². The first-order chi connectivity index (χ1) is 11.9. The van der Waals surface area contributed by atoms with Gasteiger partial charge in [-0.25, -0.2) is 8.42 Å². The van der Waals surface area contributed by atoms with Gasteiger partial charge < -0.3 is 5.32 Å². The Balaban J connectivity index is 1.60. The Morgan fingerprint density at radius 1 is 1.04 bits per heavy atom. The quantitative estimate of drug-likeness (QED) is 0.893. The van der Waals surface area contributed by atoms with E-state index in [4.69, 9.17) is 0 Å². The molecule has 6 heteroatoms. The third-order valence-corrected chi connectivity index (χ3v) is 7.54. The lowest BCUT2D eigenvalue weighted by atomic mass is 9.97. The molecule has 3 rings (SSSR count). The van der Waals surface area contributed by atoms with Crippen molar-refractivity contribution in [2.75, 3.05) is 13.1 Å². The van der Waals surface area contributed by atoms with Crippen LogP contribution in [-0.2, 0) is 14.8 Å². The number of hydrogen-bond acceptors (Lipinski definition) is 3. The van der Waals surface area contributed by atoms with E-state index in [9.17, 15) is 13.2 Å². The molecule has 138 valence electrons. The minimum Gasteiger partial charge on any atom is -0.353 e. The normalized spacial score (nSPS) is 20.7. The zero-order chi connectivity index (χ0) is 18.0. The van der Waals surface area contributed by atoms with Crippen LogP contribution in [0.15, 0.2) is 23.1 Å². The van der Waals surface area contributed by atoms with E-state index in [1.54, 1.807) is 12.1 Å². The van der Waals surface area contributed by atoms with Crippen LogP contribution in [0.2, 0.25) is 0 Å². The van der Waals surface area contributed by atoms with Crippen LogP contribution in [-0.4, -0.2) is 37.8 Å². The van der Waals surface area contributed by atoms with Crippen molar-refractivity contribution < 1.29 is 13.2 Å². The van der Waals surface area contributed by atoms with E-state index in [0.717, 1.165) is 24.0 Å². The van der Waals surface area contributed by atoms with Crippen LogP contribution in [0.1, 0.15) is 49.7 Å². The van der Waals surface area contributed by atoms with E-state index >= 15 is 0 Å². The minimum absolute atomic E-state index is 0.0631. The second-order valence-corrected chi connectivity index (χ2v) is 9.35. The second kappa shape index (κ2) is 7.46. The van der Waals surface area contributed by atoms with Crippen LogP contribution in [0.25, 0.3) is 0 Å². The highest BCUT2D eigenvalue weighted by atomic mass is 32.2. The predicted octanol–water partition coefficient (Wildman–Crippen LogP) is 2.76. The average molecular weight is 365 g/mol. The Morgan fingerprint density at radius 2 is 1.68 bits per heavy atom. The van der Waals surface area contributed by atoms with E-state index in [1.807, 2.05) is 19.9 Å². The summed E-state index contributed by atoms with van der Waals surface area (Å²) in [6, 6.07) is 5.59. The van der Waals surface area contributed by atoms with Crippen molar-refractivity contribution in [2.24, 2.45) is 5.92 Å². The van der Waals surface area contributed by atoms with E-state index in [-0.39, 0.29) is 11.8 Å². The molecule has 1 heterocycles. The Hall–Kier alpha value is -1.40. The molecule has 2 aliphatic rings. The molecular weight excluding hydrogens is 336 g/mol. The molecule has 0 bridgehead atoms. The van der Waals surface area contributed by atoms with Crippen LogP contribution in [0.4, 0.5) is 0 Å². The molecule has 0 unspecified atom stereocenters. The molecule has 0 spiro atoms. The first-order valence-electron chi connectivity index (χ1n) is 9.25. The number of amides is 1. The summed E-state index contributed by atoms with van der Waals surface area (Å²) in [4.78, 5) is 12.7. The molecular formula is C19H28N2O3S. The summed E-state index contributed by atoms with van der Waals surface area (Å²) in [6.45, 7) is 4.73. The molecule has 0 aromatic heterocycles. The fourth-order valence-corrected chi connectivity index (χ4v) is 5.33. The first-order valence-corrected chi connectivity index (χ1v) is 10.7. The highest BCUT2D eigenvalue weighted by Crippen LogP contribution is 2.26. The summed E-state index contributed by atoms with van der Waals surface area (Å²) < 4.78 is 27.2. The summed E-state index contributed by atoms with van der Waals surface area (Å²) in [6.07, 6.45) is 5.73. The largest absolute Gasteiger partial charge is 0.353 e. The van der Waals surface area contributed by atoms with Gasteiger partial charge in [0.2, 0.25) is 15.9 Å². The van der Waals surface area contributed by atoms with E-state index in [0.29, 0.717) is 36.9 Å². The van der Waals surface area contributed by atoms with E-state index in [2.05, 4.69) is 5.32 Å². The number of hydrogen-bond donors (Lipinski definition) is 1. The number of sulfonamides is 1. The SMILES string of the molecule is Cc1ccc(S(=O)(=O)N2CCC(C(=O)NC3CCCC3)CC2)cc1C. The van der Waals surface area contributed by atoms with Crippen LogP contribution in [0, 0.1) is 19.8 Å². The molecule has 1 saturated carbocycles. The number of piperidine rings is 1. The fourth-order valence-electron chi connectivity index (χ4n) is 3.77. The maximum atomic E-state index is 12.8. The van der Waals surface area contributed by atoms with Crippen LogP contribution in [0.5, 0.6) is 0 Å². The molecule has 2 fully saturated rings. The highest BCUT2D eigenvalue weighted by molar-refractivity contribution is 7.89. The summed E-state index contributed by atoms with van der Waals surface area (Å²) in [5, 5.41) is 3.14. The topological polar surface area (TPSA) is 66.5 Å². The molecule has 1 aliphatic heterocycles. The lowest BCUT2D eigenvalue weighted by Gasteiger charge is -2.31. The van der Waals surface area contributed by atoms with Gasteiger partial charge in [0.25, 0.3) is 0 Å². The van der Waals surface area contributed by atoms with Crippen molar-refractivity contribution in [3.63, 3.8) is 0 Å². The van der Waals surface area contributed by atoms with Gasteiger partial charge in [0.1, 0.15) is 0 Å². The molecule has 1 aromatic rings. The zero-order valence-corrected chi connectivity index (χ0v) is 15.9. The molecule has 25 heavy (non-hydrogen) atoms. The number of rotatable bonds is 4. The summed E-state index contributed by atoms with van der Waals surface area (Å²) >= 11 is 0. The van der Waals surface area contributed by atoms with Gasteiger partial charge in [-0.05, 0) is 62.8 Å². The number of carbonyl (C=O) groups is 1. The molecule has 1 saturated heterocycles. The number of nitrogens with one attached hydrogen (secondary N) is 1. The molecule has 0 atom stereocenters. The summed E-state index contributed by atoms with van der Waals surface area (Å²) in [5.74, 6) is 0.0435.